The van der Waals surface area contributed by atoms with Gasteiger partial charge in [-0.15, -0.1) is 0 Å². The molecule has 0 saturated heterocycles. The fraction of sp³-hybridized carbons (Fsp3) is 0.400. The second-order valence-electron chi connectivity index (χ2n) is 2.93. The van der Waals surface area contributed by atoms with Gasteiger partial charge in [0.05, 0.1) is 14.2 Å². The first-order chi connectivity index (χ1) is 6.54. The monoisotopic (exact) mass is 196 g/mol. The van der Waals surface area contributed by atoms with Crippen LogP contribution in [0.5, 0.6) is 0 Å². The third kappa shape index (κ3) is 1.32. The first-order valence-electron chi connectivity index (χ1n) is 4.13. The predicted molar refractivity (Wildman–Crippen MR) is 52.8 cm³/mol. The van der Waals surface area contributed by atoms with Gasteiger partial charge in [0.25, 0.3) is 0 Å². The van der Waals surface area contributed by atoms with E-state index in [1.54, 1.807) is 13.8 Å². The van der Waals surface area contributed by atoms with Gasteiger partial charge in [-0.1, -0.05) is 0 Å². The molecule has 0 aromatic heterocycles. The summed E-state index contributed by atoms with van der Waals surface area (Å²) in [5.41, 5.74) is -0.595. The molecule has 4 nitrogen and oxygen atoms in total. The summed E-state index contributed by atoms with van der Waals surface area (Å²) in [4.78, 5) is 23.0. The Bertz CT molecular complexity index is 453. The van der Waals surface area contributed by atoms with Gasteiger partial charge < -0.3 is 9.47 Å². The van der Waals surface area contributed by atoms with Gasteiger partial charge in [0, 0.05) is 0 Å². The van der Waals surface area contributed by atoms with Crippen molar-refractivity contribution in [2.75, 3.05) is 14.2 Å². The maximum Gasteiger partial charge on any atom is 0.207 e. The van der Waals surface area contributed by atoms with Crippen molar-refractivity contribution in [2.45, 2.75) is 13.8 Å². The van der Waals surface area contributed by atoms with Crippen molar-refractivity contribution in [2.24, 2.45) is 0 Å². The molecular weight excluding hydrogens is 184 g/mol. The van der Waals surface area contributed by atoms with Crippen LogP contribution in [0.1, 0.15) is 13.8 Å². The topological polar surface area (TPSA) is 52.6 Å². The summed E-state index contributed by atoms with van der Waals surface area (Å²) < 4.78 is 9.66. The zero-order chi connectivity index (χ0) is 10.9. The summed E-state index contributed by atoms with van der Waals surface area (Å²) in [7, 11) is 2.85. The van der Waals surface area contributed by atoms with Crippen LogP contribution in [0.25, 0.3) is 11.5 Å². The average Bonchev–Trinajstić information content (AvgIpc) is 2.17. The minimum absolute atomic E-state index is 0.124. The Balaban J connectivity index is 3.66. The molecular formula is C10H12O4. The lowest BCUT2D eigenvalue weighted by Crippen LogP contribution is -2.66. The molecule has 1 rings (SSSR count). The van der Waals surface area contributed by atoms with Crippen LogP contribution in [0.4, 0.5) is 0 Å². The second kappa shape index (κ2) is 3.65. The molecule has 76 valence electrons. The van der Waals surface area contributed by atoms with Gasteiger partial charge in [0.1, 0.15) is 22.0 Å². The lowest BCUT2D eigenvalue weighted by atomic mass is 10.1. The van der Waals surface area contributed by atoms with E-state index in [0.717, 1.165) is 0 Å². The highest BCUT2D eigenvalue weighted by atomic mass is 16.5. The molecule has 0 aliphatic carbocycles. The zero-order valence-electron chi connectivity index (χ0n) is 8.63. The summed E-state index contributed by atoms with van der Waals surface area (Å²) in [5, 5.41) is 0.248. The van der Waals surface area contributed by atoms with Crippen LogP contribution in [0.2, 0.25) is 0 Å². The standard InChI is InChI=1S/C10H12O4/c1-5(13-3)7-9(11)8(10(7)12)6(2)14-4/h1-4H3. The van der Waals surface area contributed by atoms with E-state index in [-0.39, 0.29) is 21.3 Å². The van der Waals surface area contributed by atoms with Crippen LogP contribution in [-0.4, -0.2) is 14.2 Å². The summed E-state index contributed by atoms with van der Waals surface area (Å²) in [6, 6.07) is 0. The van der Waals surface area contributed by atoms with Crippen LogP contribution >= 0.6 is 0 Å². The number of methoxy groups -OCH3 is 2. The Morgan fingerprint density at radius 2 is 1.14 bits per heavy atom. The van der Waals surface area contributed by atoms with E-state index in [0.29, 0.717) is 11.5 Å². The van der Waals surface area contributed by atoms with Crippen molar-refractivity contribution >= 4 is 11.5 Å². The molecule has 0 N–H and O–H groups in total. The molecule has 0 radical (unpaired) electrons. The van der Waals surface area contributed by atoms with Crippen molar-refractivity contribution in [3.8, 4) is 0 Å². The van der Waals surface area contributed by atoms with Gasteiger partial charge in [-0.25, -0.2) is 0 Å². The van der Waals surface area contributed by atoms with Crippen molar-refractivity contribution in [1.29, 1.82) is 0 Å². The molecule has 0 unspecified atom stereocenters. The normalized spacial score (nSPS) is 10.0. The quantitative estimate of drug-likeness (QED) is 0.598. The molecule has 0 spiro atoms. The molecule has 0 aliphatic heterocycles. The highest BCUT2D eigenvalue weighted by molar-refractivity contribution is 5.42. The van der Waals surface area contributed by atoms with E-state index in [1.807, 2.05) is 0 Å². The minimum Gasteiger partial charge on any atom is -0.500 e. The summed E-state index contributed by atoms with van der Waals surface area (Å²) in [6.45, 7) is 3.17. The van der Waals surface area contributed by atoms with E-state index in [9.17, 15) is 9.59 Å². The molecule has 1 aromatic rings. The minimum atomic E-state index is -0.297. The highest BCUT2D eigenvalue weighted by Gasteiger charge is 2.13. The Morgan fingerprint density at radius 1 is 0.857 bits per heavy atom. The van der Waals surface area contributed by atoms with Gasteiger partial charge in [-0.3, -0.25) is 9.59 Å². The van der Waals surface area contributed by atoms with Gasteiger partial charge in [-0.05, 0) is 13.8 Å². The number of rotatable bonds is 2. The van der Waals surface area contributed by atoms with Gasteiger partial charge in [-0.2, -0.15) is 0 Å². The second-order valence-corrected chi connectivity index (χ2v) is 2.93. The Hall–Kier alpha value is -1.58. The predicted octanol–water partition coefficient (Wildman–Crippen LogP) is -1.17. The fourth-order valence-corrected chi connectivity index (χ4v) is 1.24. The molecule has 0 atom stereocenters. The third-order valence-corrected chi connectivity index (χ3v) is 2.22. The summed E-state index contributed by atoms with van der Waals surface area (Å²) in [5.74, 6) is 0.709. The maximum absolute atomic E-state index is 11.5. The number of hydrogen-bond acceptors (Lipinski definition) is 4. The molecule has 0 amide bonds. The average molecular weight is 196 g/mol. The Kier molecular flexibility index (Phi) is 2.74. The van der Waals surface area contributed by atoms with Crippen molar-refractivity contribution < 1.29 is 9.47 Å². The summed E-state index contributed by atoms with van der Waals surface area (Å²) >= 11 is 0. The molecule has 14 heavy (non-hydrogen) atoms. The smallest absolute Gasteiger partial charge is 0.207 e. The molecule has 0 saturated carbocycles. The van der Waals surface area contributed by atoms with Crippen molar-refractivity contribution in [3.05, 3.63) is 30.9 Å². The van der Waals surface area contributed by atoms with Crippen LogP contribution in [0.15, 0.2) is 9.59 Å². The molecule has 0 fully saturated rings. The van der Waals surface area contributed by atoms with Gasteiger partial charge >= 0.3 is 0 Å². The lowest BCUT2D eigenvalue weighted by Gasteiger charge is -2.02. The Labute approximate surface area is 80.8 Å². The SMILES string of the molecule is COC(C)=c1c(=O)c(=C(C)OC)c1=O. The molecule has 0 aliphatic rings. The zero-order valence-corrected chi connectivity index (χ0v) is 8.63. The van der Waals surface area contributed by atoms with Crippen LogP contribution in [0.3, 0.4) is 0 Å². The summed E-state index contributed by atoms with van der Waals surface area (Å²) in [6.07, 6.45) is 0. The first-order valence-corrected chi connectivity index (χ1v) is 4.13. The maximum atomic E-state index is 11.5. The lowest BCUT2D eigenvalue weighted by molar-refractivity contribution is 0.356. The van der Waals surface area contributed by atoms with Gasteiger partial charge in [0.15, 0.2) is 0 Å². The third-order valence-electron chi connectivity index (χ3n) is 2.22. The van der Waals surface area contributed by atoms with Crippen molar-refractivity contribution in [3.63, 3.8) is 0 Å². The fourth-order valence-electron chi connectivity index (χ4n) is 1.24. The van der Waals surface area contributed by atoms with Crippen LogP contribution < -0.4 is 21.3 Å². The number of ether oxygens (including phenoxy) is 2. The first kappa shape index (κ1) is 10.5. The van der Waals surface area contributed by atoms with Crippen LogP contribution in [-0.2, 0) is 9.47 Å². The van der Waals surface area contributed by atoms with Crippen LogP contribution in [0, 0.1) is 0 Å². The van der Waals surface area contributed by atoms with E-state index in [2.05, 4.69) is 0 Å². The molecule has 4 heteroatoms. The van der Waals surface area contributed by atoms with E-state index < -0.39 is 0 Å². The van der Waals surface area contributed by atoms with E-state index in [1.165, 1.54) is 14.2 Å². The van der Waals surface area contributed by atoms with E-state index in [4.69, 9.17) is 9.47 Å². The Morgan fingerprint density at radius 3 is 1.36 bits per heavy atom. The molecule has 0 bridgehead atoms. The highest BCUT2D eigenvalue weighted by Crippen LogP contribution is 1.87. The van der Waals surface area contributed by atoms with Gasteiger partial charge in [0.2, 0.25) is 10.9 Å². The number of hydrogen-bond donors (Lipinski definition) is 0. The molecule has 0 heterocycles. The largest absolute Gasteiger partial charge is 0.500 e. The molecule has 1 aromatic carbocycles. The van der Waals surface area contributed by atoms with E-state index >= 15 is 0 Å². The van der Waals surface area contributed by atoms with Crippen molar-refractivity contribution in [1.82, 2.24) is 0 Å².